The van der Waals surface area contributed by atoms with Gasteiger partial charge in [0.15, 0.2) is 0 Å². The Morgan fingerprint density at radius 3 is 2.33 bits per heavy atom. The molecular weight excluding hydrogens is 444 g/mol. The van der Waals surface area contributed by atoms with Gasteiger partial charge in [-0.25, -0.2) is 0 Å². The van der Waals surface area contributed by atoms with E-state index in [1.807, 2.05) is 0 Å². The minimum atomic E-state index is 0.0427. The molecule has 0 radical (unpaired) electrons. The molecular formula is C30H34N6. The van der Waals surface area contributed by atoms with E-state index in [4.69, 9.17) is 15.0 Å². The first-order chi connectivity index (χ1) is 17.7. The van der Waals surface area contributed by atoms with E-state index in [0.717, 1.165) is 12.8 Å². The van der Waals surface area contributed by atoms with Crippen molar-refractivity contribution in [3.05, 3.63) is 83.4 Å². The average molecular weight is 479 g/mol. The van der Waals surface area contributed by atoms with Crippen LogP contribution in [0.1, 0.15) is 74.2 Å². The van der Waals surface area contributed by atoms with Gasteiger partial charge in [0.25, 0.3) is 0 Å². The number of hydrogen-bond donors (Lipinski definition) is 3. The smallest absolute Gasteiger partial charge is 0.229 e. The normalized spacial score (nSPS) is 18.5. The van der Waals surface area contributed by atoms with Crippen LogP contribution in [0.25, 0.3) is 10.8 Å². The van der Waals surface area contributed by atoms with Crippen molar-refractivity contribution < 1.29 is 0 Å². The van der Waals surface area contributed by atoms with Crippen molar-refractivity contribution in [1.29, 1.82) is 0 Å². The Balaban J connectivity index is 1.28. The van der Waals surface area contributed by atoms with E-state index in [9.17, 15) is 0 Å². The second-order valence-corrected chi connectivity index (χ2v) is 10.2. The molecule has 0 unspecified atom stereocenters. The molecule has 36 heavy (non-hydrogen) atoms. The molecule has 3 aromatic carbocycles. The highest BCUT2D eigenvalue weighted by Gasteiger charge is 2.24. The fraction of sp³-hybridized carbons (Fsp3) is 0.367. The molecule has 0 saturated heterocycles. The zero-order valence-corrected chi connectivity index (χ0v) is 20.9. The molecule has 1 fully saturated rings. The summed E-state index contributed by atoms with van der Waals surface area (Å²) in [6.07, 6.45) is 8.30. The fourth-order valence-electron chi connectivity index (χ4n) is 5.76. The number of nitrogens with one attached hydrogen (secondary N) is 3. The van der Waals surface area contributed by atoms with Gasteiger partial charge in [0.1, 0.15) is 0 Å². The predicted octanol–water partition coefficient (Wildman–Crippen LogP) is 7.04. The van der Waals surface area contributed by atoms with Crippen molar-refractivity contribution in [1.82, 2.24) is 15.0 Å². The van der Waals surface area contributed by atoms with E-state index in [1.54, 1.807) is 0 Å². The molecule has 2 atom stereocenters. The molecule has 6 nitrogen and oxygen atoms in total. The molecule has 6 heteroatoms. The third-order valence-electron chi connectivity index (χ3n) is 7.65. The number of aromatic nitrogens is 3. The van der Waals surface area contributed by atoms with Gasteiger partial charge in [0, 0.05) is 6.04 Å². The Kier molecular flexibility index (Phi) is 6.41. The molecule has 2 aliphatic carbocycles. The van der Waals surface area contributed by atoms with Crippen LogP contribution < -0.4 is 16.0 Å². The third kappa shape index (κ3) is 4.85. The Morgan fingerprint density at radius 2 is 1.44 bits per heavy atom. The molecule has 6 rings (SSSR count). The molecule has 1 saturated carbocycles. The van der Waals surface area contributed by atoms with Gasteiger partial charge in [-0.1, -0.05) is 86.0 Å². The summed E-state index contributed by atoms with van der Waals surface area (Å²) in [5.74, 6) is 1.87. The van der Waals surface area contributed by atoms with Gasteiger partial charge in [-0.15, -0.1) is 0 Å². The van der Waals surface area contributed by atoms with Crippen molar-refractivity contribution in [3.63, 3.8) is 0 Å². The zero-order valence-electron chi connectivity index (χ0n) is 20.9. The fourth-order valence-corrected chi connectivity index (χ4v) is 5.76. The maximum Gasteiger partial charge on any atom is 0.229 e. The maximum absolute atomic E-state index is 4.82. The van der Waals surface area contributed by atoms with E-state index >= 15 is 0 Å². The van der Waals surface area contributed by atoms with Crippen LogP contribution in [0.2, 0.25) is 0 Å². The van der Waals surface area contributed by atoms with E-state index in [0.29, 0.717) is 23.9 Å². The average Bonchev–Trinajstić information content (AvgIpc) is 3.31. The number of rotatable bonds is 7. The number of aryl methyl sites for hydroxylation is 1. The second kappa shape index (κ2) is 10.1. The molecule has 4 aromatic rings. The van der Waals surface area contributed by atoms with E-state index in [1.165, 1.54) is 59.6 Å². The van der Waals surface area contributed by atoms with Gasteiger partial charge >= 0.3 is 0 Å². The summed E-state index contributed by atoms with van der Waals surface area (Å²) >= 11 is 0. The largest absolute Gasteiger partial charge is 0.351 e. The van der Waals surface area contributed by atoms with E-state index in [2.05, 4.69) is 89.6 Å². The first-order valence-electron chi connectivity index (χ1n) is 13.3. The highest BCUT2D eigenvalue weighted by atomic mass is 15.3. The molecule has 1 heterocycles. The summed E-state index contributed by atoms with van der Waals surface area (Å²) in [5, 5.41) is 13.3. The Hall–Kier alpha value is -3.67. The van der Waals surface area contributed by atoms with Gasteiger partial charge in [0.05, 0.1) is 12.1 Å². The number of hydrogen-bond acceptors (Lipinski definition) is 6. The second-order valence-electron chi connectivity index (χ2n) is 10.2. The lowest BCUT2D eigenvalue weighted by atomic mass is 9.96. The van der Waals surface area contributed by atoms with Gasteiger partial charge in [-0.05, 0) is 60.1 Å². The van der Waals surface area contributed by atoms with Crippen LogP contribution in [0.3, 0.4) is 0 Å². The van der Waals surface area contributed by atoms with Crippen molar-refractivity contribution in [2.24, 2.45) is 0 Å². The number of anilines is 3. The first-order valence-corrected chi connectivity index (χ1v) is 13.3. The SMILES string of the molecule is C[C@H](Nc1nc(NC2CCCCC2)nc(N[C@H]2CCc3ccccc32)n1)c1cccc2ccccc12. The van der Waals surface area contributed by atoms with Crippen LogP contribution in [0, 0.1) is 0 Å². The molecule has 1 aromatic heterocycles. The van der Waals surface area contributed by atoms with E-state index in [-0.39, 0.29) is 12.1 Å². The van der Waals surface area contributed by atoms with Gasteiger partial charge < -0.3 is 16.0 Å². The quantitative estimate of drug-likeness (QED) is 0.264. The van der Waals surface area contributed by atoms with Crippen LogP contribution in [0.4, 0.5) is 17.8 Å². The monoisotopic (exact) mass is 478 g/mol. The summed E-state index contributed by atoms with van der Waals surface area (Å²) in [7, 11) is 0. The van der Waals surface area contributed by atoms with Crippen LogP contribution >= 0.6 is 0 Å². The van der Waals surface area contributed by atoms with Gasteiger partial charge in [-0.3, -0.25) is 0 Å². The van der Waals surface area contributed by atoms with Crippen molar-refractivity contribution >= 4 is 28.6 Å². The summed E-state index contributed by atoms with van der Waals surface area (Å²) in [6.45, 7) is 2.17. The Morgan fingerprint density at radius 1 is 0.722 bits per heavy atom. The Labute approximate surface area is 213 Å². The summed E-state index contributed by atoms with van der Waals surface area (Å²) in [4.78, 5) is 14.4. The first kappa shape index (κ1) is 22.8. The minimum absolute atomic E-state index is 0.0427. The van der Waals surface area contributed by atoms with Crippen LogP contribution in [-0.4, -0.2) is 21.0 Å². The van der Waals surface area contributed by atoms with Gasteiger partial charge in [0.2, 0.25) is 17.8 Å². The summed E-state index contributed by atoms with van der Waals surface area (Å²) in [6, 6.07) is 24.3. The lowest BCUT2D eigenvalue weighted by molar-refractivity contribution is 0.461. The Bertz CT molecular complexity index is 1340. The summed E-state index contributed by atoms with van der Waals surface area (Å²) < 4.78 is 0. The lowest BCUT2D eigenvalue weighted by Crippen LogP contribution is -2.24. The zero-order chi connectivity index (χ0) is 24.3. The van der Waals surface area contributed by atoms with E-state index < -0.39 is 0 Å². The molecule has 0 bridgehead atoms. The van der Waals surface area contributed by atoms with Gasteiger partial charge in [-0.2, -0.15) is 15.0 Å². The maximum atomic E-state index is 4.82. The third-order valence-corrected chi connectivity index (χ3v) is 7.65. The highest BCUT2D eigenvalue weighted by molar-refractivity contribution is 5.86. The van der Waals surface area contributed by atoms with Crippen LogP contribution in [0.15, 0.2) is 66.7 Å². The molecule has 3 N–H and O–H groups in total. The highest BCUT2D eigenvalue weighted by Crippen LogP contribution is 2.33. The topological polar surface area (TPSA) is 74.8 Å². The lowest BCUT2D eigenvalue weighted by Gasteiger charge is -2.24. The molecule has 184 valence electrons. The molecule has 0 aliphatic heterocycles. The molecule has 2 aliphatic rings. The minimum Gasteiger partial charge on any atom is -0.351 e. The number of benzene rings is 3. The number of nitrogens with zero attached hydrogens (tertiary/aromatic N) is 3. The summed E-state index contributed by atoms with van der Waals surface area (Å²) in [5.41, 5.74) is 3.99. The molecule has 0 amide bonds. The van der Waals surface area contributed by atoms with Crippen molar-refractivity contribution in [2.75, 3.05) is 16.0 Å². The van der Waals surface area contributed by atoms with Crippen molar-refractivity contribution in [2.45, 2.75) is 70.0 Å². The van der Waals surface area contributed by atoms with Crippen LogP contribution in [0.5, 0.6) is 0 Å². The number of fused-ring (bicyclic) bond motifs is 2. The molecule has 0 spiro atoms. The van der Waals surface area contributed by atoms with Crippen LogP contribution in [-0.2, 0) is 6.42 Å². The van der Waals surface area contributed by atoms with Crippen molar-refractivity contribution in [3.8, 4) is 0 Å². The standard InChI is InChI=1S/C30H34N6/c1-20(24-17-9-12-21-10-5-7-15-25(21)24)31-28-34-29(32-23-13-3-2-4-14-23)36-30(35-28)33-27-19-18-22-11-6-8-16-26(22)27/h5-12,15-17,20,23,27H,2-4,13-14,18-19H2,1H3,(H3,31,32,33,34,35,36)/t20-,27-/m0/s1. The predicted molar refractivity (Wildman–Crippen MR) is 147 cm³/mol.